The van der Waals surface area contributed by atoms with Crippen molar-refractivity contribution in [3.63, 3.8) is 0 Å². The van der Waals surface area contributed by atoms with Crippen LogP contribution < -0.4 is 0 Å². The van der Waals surface area contributed by atoms with Gasteiger partial charge in [0.15, 0.2) is 0 Å². The van der Waals surface area contributed by atoms with Gasteiger partial charge in [-0.2, -0.15) is 4.31 Å². The van der Waals surface area contributed by atoms with Gasteiger partial charge in [0.25, 0.3) is 0 Å². The molecule has 0 heterocycles. The second kappa shape index (κ2) is 6.85. The third-order valence-corrected chi connectivity index (χ3v) is 4.92. The second-order valence-corrected chi connectivity index (χ2v) is 6.62. The number of carbonyl (C=O) groups is 1. The number of hydrogen-bond acceptors (Lipinski definition) is 3. The third kappa shape index (κ3) is 3.58. The van der Waals surface area contributed by atoms with Gasteiger partial charge in [0, 0.05) is 13.1 Å². The van der Waals surface area contributed by atoms with Gasteiger partial charge in [-0.25, -0.2) is 13.2 Å². The Morgan fingerprint density at radius 1 is 1.20 bits per heavy atom. The van der Waals surface area contributed by atoms with Gasteiger partial charge in [-0.05, 0) is 37.5 Å². The third-order valence-electron chi connectivity index (χ3n) is 3.02. The van der Waals surface area contributed by atoms with E-state index in [0.717, 1.165) is 12.8 Å². The quantitative estimate of drug-likeness (QED) is 0.839. The fraction of sp³-hybridized carbons (Fsp3) is 0.500. The summed E-state index contributed by atoms with van der Waals surface area (Å²) in [6.07, 6.45) is 1.44. The van der Waals surface area contributed by atoms with E-state index in [9.17, 15) is 13.2 Å². The molecule has 0 spiro atoms. The Labute approximate surface area is 120 Å². The van der Waals surface area contributed by atoms with E-state index in [0.29, 0.717) is 18.7 Å². The van der Waals surface area contributed by atoms with Crippen LogP contribution >= 0.6 is 0 Å². The smallest absolute Gasteiger partial charge is 0.335 e. The average molecular weight is 299 g/mol. The van der Waals surface area contributed by atoms with Crippen molar-refractivity contribution in [2.75, 3.05) is 13.1 Å². The Morgan fingerprint density at radius 3 is 2.20 bits per heavy atom. The molecule has 0 saturated heterocycles. The first-order chi connectivity index (χ1) is 9.34. The lowest BCUT2D eigenvalue weighted by Gasteiger charge is -2.21. The maximum Gasteiger partial charge on any atom is 0.335 e. The predicted octanol–water partition coefficient (Wildman–Crippen LogP) is 2.50. The van der Waals surface area contributed by atoms with E-state index in [1.165, 1.54) is 22.5 Å². The minimum absolute atomic E-state index is 0.0269. The summed E-state index contributed by atoms with van der Waals surface area (Å²) in [7, 11) is -3.63. The van der Waals surface area contributed by atoms with Crippen molar-refractivity contribution in [1.82, 2.24) is 4.31 Å². The summed E-state index contributed by atoms with van der Waals surface area (Å²) in [6, 6.07) is 4.24. The predicted molar refractivity (Wildman–Crippen MR) is 77.5 cm³/mol. The summed E-state index contributed by atoms with van der Waals surface area (Å²) < 4.78 is 26.5. The highest BCUT2D eigenvalue weighted by molar-refractivity contribution is 7.89. The van der Waals surface area contributed by atoms with Gasteiger partial charge in [0.2, 0.25) is 10.0 Å². The fourth-order valence-corrected chi connectivity index (χ4v) is 3.64. The summed E-state index contributed by atoms with van der Waals surface area (Å²) in [5, 5.41) is 9.09. The van der Waals surface area contributed by atoms with Crippen LogP contribution in [0.4, 0.5) is 0 Å². The number of nitrogens with zero attached hydrogens (tertiary/aromatic N) is 1. The van der Waals surface area contributed by atoms with Gasteiger partial charge in [-0.3, -0.25) is 0 Å². The molecule has 6 heteroatoms. The standard InChI is InChI=1S/C14H21NO4S/c1-4-8-15(9-5-2)20(18,19)12-7-6-11(3)13(10-12)14(16)17/h6-7,10H,4-5,8-9H2,1-3H3,(H,16,17). The molecule has 0 aliphatic heterocycles. The SMILES string of the molecule is CCCN(CCC)S(=O)(=O)c1ccc(C)c(C(=O)O)c1. The summed E-state index contributed by atoms with van der Waals surface area (Å²) in [5.41, 5.74) is 0.577. The number of hydrogen-bond donors (Lipinski definition) is 1. The maximum absolute atomic E-state index is 12.5. The highest BCUT2D eigenvalue weighted by Gasteiger charge is 2.24. The topological polar surface area (TPSA) is 74.7 Å². The van der Waals surface area contributed by atoms with Crippen LogP contribution in [0.3, 0.4) is 0 Å². The van der Waals surface area contributed by atoms with E-state index in [1.54, 1.807) is 6.92 Å². The molecule has 0 aliphatic carbocycles. The summed E-state index contributed by atoms with van der Waals surface area (Å²) in [5.74, 6) is -1.11. The van der Waals surface area contributed by atoms with Gasteiger partial charge in [0.1, 0.15) is 0 Å². The number of carboxylic acids is 1. The Morgan fingerprint density at radius 2 is 1.75 bits per heavy atom. The molecule has 0 aromatic heterocycles. The second-order valence-electron chi connectivity index (χ2n) is 4.69. The van der Waals surface area contributed by atoms with Gasteiger partial charge in [-0.15, -0.1) is 0 Å². The van der Waals surface area contributed by atoms with Crippen molar-refractivity contribution in [1.29, 1.82) is 0 Å². The molecular weight excluding hydrogens is 278 g/mol. The molecule has 0 fully saturated rings. The van der Waals surface area contributed by atoms with Crippen LogP contribution in [0.5, 0.6) is 0 Å². The van der Waals surface area contributed by atoms with Crippen LogP contribution in [0.15, 0.2) is 23.1 Å². The van der Waals surface area contributed by atoms with Crippen LogP contribution in [0.25, 0.3) is 0 Å². The van der Waals surface area contributed by atoms with Gasteiger partial charge in [0.05, 0.1) is 10.5 Å². The zero-order valence-electron chi connectivity index (χ0n) is 12.1. The molecule has 0 unspecified atom stereocenters. The highest BCUT2D eigenvalue weighted by atomic mass is 32.2. The lowest BCUT2D eigenvalue weighted by atomic mass is 10.1. The summed E-state index contributed by atoms with van der Waals surface area (Å²) in [4.78, 5) is 11.2. The van der Waals surface area contributed by atoms with Crippen LogP contribution in [0, 0.1) is 6.92 Å². The average Bonchev–Trinajstić information content (AvgIpc) is 2.38. The molecule has 5 nitrogen and oxygen atoms in total. The molecule has 112 valence electrons. The molecule has 1 rings (SSSR count). The minimum Gasteiger partial charge on any atom is -0.478 e. The number of aryl methyl sites for hydroxylation is 1. The van der Waals surface area contributed by atoms with Crippen LogP contribution in [-0.2, 0) is 10.0 Å². The van der Waals surface area contributed by atoms with Gasteiger partial charge < -0.3 is 5.11 Å². The molecule has 20 heavy (non-hydrogen) atoms. The monoisotopic (exact) mass is 299 g/mol. The molecule has 0 aliphatic rings. The van der Waals surface area contributed by atoms with Gasteiger partial charge >= 0.3 is 5.97 Å². The molecular formula is C14H21NO4S. The van der Waals surface area contributed by atoms with Gasteiger partial charge in [-0.1, -0.05) is 19.9 Å². The van der Waals surface area contributed by atoms with E-state index in [4.69, 9.17) is 5.11 Å². The number of sulfonamides is 1. The van der Waals surface area contributed by atoms with Crippen LogP contribution in [0.1, 0.15) is 42.6 Å². The van der Waals surface area contributed by atoms with Crippen molar-refractivity contribution in [2.45, 2.75) is 38.5 Å². The maximum atomic E-state index is 12.5. The van der Waals surface area contributed by atoms with Crippen molar-refractivity contribution in [2.24, 2.45) is 0 Å². The molecule has 0 radical (unpaired) electrons. The Kier molecular flexibility index (Phi) is 5.71. The first-order valence-corrected chi connectivity index (χ1v) is 8.12. The van der Waals surface area contributed by atoms with Crippen LogP contribution in [-0.4, -0.2) is 36.9 Å². The summed E-state index contributed by atoms with van der Waals surface area (Å²) >= 11 is 0. The lowest BCUT2D eigenvalue weighted by molar-refractivity contribution is 0.0696. The van der Waals surface area contributed by atoms with E-state index < -0.39 is 16.0 Å². The Balaban J connectivity index is 3.26. The summed E-state index contributed by atoms with van der Waals surface area (Å²) in [6.45, 7) is 6.35. The van der Waals surface area contributed by atoms with E-state index in [-0.39, 0.29) is 10.5 Å². The van der Waals surface area contributed by atoms with Crippen molar-refractivity contribution >= 4 is 16.0 Å². The normalized spacial score (nSPS) is 11.8. The molecule has 0 saturated carbocycles. The lowest BCUT2D eigenvalue weighted by Crippen LogP contribution is -2.32. The zero-order chi connectivity index (χ0) is 15.3. The Bertz CT molecular complexity index is 575. The molecule has 0 bridgehead atoms. The van der Waals surface area contributed by atoms with E-state index >= 15 is 0 Å². The number of aromatic carboxylic acids is 1. The zero-order valence-corrected chi connectivity index (χ0v) is 12.9. The van der Waals surface area contributed by atoms with Crippen LogP contribution in [0.2, 0.25) is 0 Å². The van der Waals surface area contributed by atoms with Crippen molar-refractivity contribution in [3.05, 3.63) is 29.3 Å². The largest absolute Gasteiger partial charge is 0.478 e. The molecule has 0 atom stereocenters. The number of rotatable bonds is 7. The van der Waals surface area contributed by atoms with E-state index in [2.05, 4.69) is 0 Å². The minimum atomic E-state index is -3.63. The van der Waals surface area contributed by atoms with E-state index in [1.807, 2.05) is 13.8 Å². The molecule has 1 N–H and O–H groups in total. The first kappa shape index (κ1) is 16.7. The number of carboxylic acid groups (broad SMARTS) is 1. The highest BCUT2D eigenvalue weighted by Crippen LogP contribution is 2.20. The molecule has 0 amide bonds. The van der Waals surface area contributed by atoms with Crippen molar-refractivity contribution < 1.29 is 18.3 Å². The molecule has 1 aromatic carbocycles. The Hall–Kier alpha value is -1.40. The first-order valence-electron chi connectivity index (χ1n) is 6.68. The fourth-order valence-electron chi connectivity index (χ4n) is 1.99. The number of benzene rings is 1. The van der Waals surface area contributed by atoms with Crippen molar-refractivity contribution in [3.8, 4) is 0 Å². The molecule has 1 aromatic rings.